The molecule has 0 saturated carbocycles. The van der Waals surface area contributed by atoms with Gasteiger partial charge in [0.2, 0.25) is 0 Å². The van der Waals surface area contributed by atoms with Crippen molar-refractivity contribution < 1.29 is 12.8 Å². The molecule has 138 valence electrons. The zero-order valence-electron chi connectivity index (χ0n) is 13.2. The summed E-state index contributed by atoms with van der Waals surface area (Å²) in [5.41, 5.74) is 2.01. The predicted molar refractivity (Wildman–Crippen MR) is 109 cm³/mol. The molecule has 0 fully saturated rings. The highest BCUT2D eigenvalue weighted by Crippen LogP contribution is 2.30. The van der Waals surface area contributed by atoms with Gasteiger partial charge in [0.15, 0.2) is 4.80 Å². The van der Waals surface area contributed by atoms with Crippen LogP contribution in [0.4, 0.5) is 10.1 Å². The van der Waals surface area contributed by atoms with Crippen molar-refractivity contribution in [2.24, 2.45) is 12.0 Å². The molecular formula is C16H12BrCl2FN2O2S2. The van der Waals surface area contributed by atoms with E-state index in [0.717, 1.165) is 5.69 Å². The van der Waals surface area contributed by atoms with Crippen molar-refractivity contribution in [1.29, 1.82) is 0 Å². The zero-order chi connectivity index (χ0) is 18.2. The molecule has 4 nitrogen and oxygen atoms in total. The SMILES string of the molecule is Br.Cn1c(-c2ccc(Cl)c(S(=O)(=O)Cl)c2)cs/c1=N/c1ccc(F)cc1. The van der Waals surface area contributed by atoms with Gasteiger partial charge in [-0.1, -0.05) is 17.7 Å². The Morgan fingerprint density at radius 2 is 1.81 bits per heavy atom. The normalized spacial score (nSPS) is 12.1. The fourth-order valence-electron chi connectivity index (χ4n) is 2.21. The molecule has 1 aromatic heterocycles. The highest BCUT2D eigenvalue weighted by Gasteiger charge is 2.17. The van der Waals surface area contributed by atoms with Gasteiger partial charge in [-0.25, -0.2) is 17.8 Å². The Morgan fingerprint density at radius 3 is 2.42 bits per heavy atom. The second-order valence-electron chi connectivity index (χ2n) is 5.13. The molecule has 0 aliphatic carbocycles. The lowest BCUT2D eigenvalue weighted by atomic mass is 10.2. The highest BCUT2D eigenvalue weighted by atomic mass is 79.9. The Labute approximate surface area is 173 Å². The molecule has 26 heavy (non-hydrogen) atoms. The molecule has 0 N–H and O–H groups in total. The van der Waals surface area contributed by atoms with Crippen molar-refractivity contribution in [3.05, 3.63) is 63.5 Å². The minimum Gasteiger partial charge on any atom is -0.320 e. The molecule has 0 radical (unpaired) electrons. The van der Waals surface area contributed by atoms with Crippen molar-refractivity contribution >= 4 is 65.3 Å². The van der Waals surface area contributed by atoms with Crippen LogP contribution in [0.15, 0.2) is 57.7 Å². The van der Waals surface area contributed by atoms with Crippen LogP contribution in [0, 0.1) is 5.82 Å². The van der Waals surface area contributed by atoms with Crippen LogP contribution in [0.5, 0.6) is 0 Å². The zero-order valence-corrected chi connectivity index (χ0v) is 18.0. The van der Waals surface area contributed by atoms with Gasteiger partial charge < -0.3 is 4.57 Å². The summed E-state index contributed by atoms with van der Waals surface area (Å²) in [4.78, 5) is 4.99. The maximum atomic E-state index is 13.0. The third kappa shape index (κ3) is 4.55. The second-order valence-corrected chi connectivity index (χ2v) is 8.91. The molecule has 10 heteroatoms. The van der Waals surface area contributed by atoms with Gasteiger partial charge in [-0.15, -0.1) is 28.3 Å². The van der Waals surface area contributed by atoms with E-state index in [2.05, 4.69) is 4.99 Å². The molecule has 0 spiro atoms. The number of nitrogens with zero attached hydrogens (tertiary/aromatic N) is 2. The van der Waals surface area contributed by atoms with Crippen LogP contribution in [0.25, 0.3) is 11.3 Å². The fourth-order valence-corrected chi connectivity index (χ4v) is 4.63. The molecule has 0 aliphatic heterocycles. The van der Waals surface area contributed by atoms with Gasteiger partial charge in [0, 0.05) is 28.7 Å². The summed E-state index contributed by atoms with van der Waals surface area (Å²) in [5.74, 6) is -0.328. The summed E-state index contributed by atoms with van der Waals surface area (Å²) in [6.07, 6.45) is 0. The number of rotatable bonds is 3. The van der Waals surface area contributed by atoms with Crippen molar-refractivity contribution in [2.45, 2.75) is 4.90 Å². The third-order valence-electron chi connectivity index (χ3n) is 3.47. The number of halogens is 4. The largest absolute Gasteiger partial charge is 0.320 e. The molecule has 2 aromatic carbocycles. The lowest BCUT2D eigenvalue weighted by Crippen LogP contribution is -2.11. The van der Waals surface area contributed by atoms with E-state index in [-0.39, 0.29) is 32.7 Å². The summed E-state index contributed by atoms with van der Waals surface area (Å²) in [6, 6.07) is 10.4. The Kier molecular flexibility index (Phi) is 6.68. The first-order valence-electron chi connectivity index (χ1n) is 6.95. The predicted octanol–water partition coefficient (Wildman–Crippen LogP) is 5.28. The smallest absolute Gasteiger partial charge is 0.262 e. The summed E-state index contributed by atoms with van der Waals surface area (Å²) >= 11 is 7.29. The molecule has 0 aliphatic rings. The maximum Gasteiger partial charge on any atom is 0.262 e. The van der Waals surface area contributed by atoms with E-state index < -0.39 is 9.05 Å². The Morgan fingerprint density at radius 1 is 1.15 bits per heavy atom. The summed E-state index contributed by atoms with van der Waals surface area (Å²) in [6.45, 7) is 0. The van der Waals surface area contributed by atoms with Gasteiger partial charge in [-0.05, 0) is 36.4 Å². The molecule has 3 rings (SSSR count). The van der Waals surface area contributed by atoms with Crippen LogP contribution in [0.1, 0.15) is 0 Å². The molecule has 0 amide bonds. The number of hydrogen-bond acceptors (Lipinski definition) is 4. The average Bonchev–Trinajstić information content (AvgIpc) is 2.90. The number of benzene rings is 2. The average molecular weight is 498 g/mol. The third-order valence-corrected chi connectivity index (χ3v) is 6.19. The summed E-state index contributed by atoms with van der Waals surface area (Å²) < 4.78 is 38.0. The summed E-state index contributed by atoms with van der Waals surface area (Å²) in [5, 5.41) is 1.91. The van der Waals surface area contributed by atoms with E-state index in [1.807, 2.05) is 9.95 Å². The van der Waals surface area contributed by atoms with E-state index in [1.165, 1.54) is 35.6 Å². The second kappa shape index (κ2) is 8.22. The Bertz CT molecular complexity index is 1110. The number of thiazole rings is 1. The monoisotopic (exact) mass is 496 g/mol. The van der Waals surface area contributed by atoms with Crippen LogP contribution in [-0.4, -0.2) is 13.0 Å². The van der Waals surface area contributed by atoms with Crippen molar-refractivity contribution in [3.63, 3.8) is 0 Å². The van der Waals surface area contributed by atoms with Gasteiger partial charge in [0.05, 0.1) is 16.4 Å². The van der Waals surface area contributed by atoms with E-state index in [9.17, 15) is 12.8 Å². The fraction of sp³-hybridized carbons (Fsp3) is 0.0625. The summed E-state index contributed by atoms with van der Waals surface area (Å²) in [7, 11) is 3.28. The first-order valence-corrected chi connectivity index (χ1v) is 10.5. The highest BCUT2D eigenvalue weighted by molar-refractivity contribution is 8.93. The van der Waals surface area contributed by atoms with E-state index in [1.54, 1.807) is 25.2 Å². The van der Waals surface area contributed by atoms with Gasteiger partial charge >= 0.3 is 0 Å². The van der Waals surface area contributed by atoms with Crippen LogP contribution in [-0.2, 0) is 16.1 Å². The van der Waals surface area contributed by atoms with Crippen LogP contribution in [0.3, 0.4) is 0 Å². The lowest BCUT2D eigenvalue weighted by Gasteiger charge is -2.06. The maximum absolute atomic E-state index is 13.0. The van der Waals surface area contributed by atoms with Gasteiger partial charge in [-0.2, -0.15) is 0 Å². The molecule has 0 unspecified atom stereocenters. The van der Waals surface area contributed by atoms with E-state index >= 15 is 0 Å². The van der Waals surface area contributed by atoms with Gasteiger partial charge in [-0.3, -0.25) is 0 Å². The quantitative estimate of drug-likeness (QED) is 0.462. The molecule has 1 heterocycles. The Balaban J connectivity index is 0.00000243. The molecule has 0 saturated heterocycles. The van der Waals surface area contributed by atoms with Crippen LogP contribution < -0.4 is 4.80 Å². The van der Waals surface area contributed by atoms with Gasteiger partial charge in [0.25, 0.3) is 9.05 Å². The van der Waals surface area contributed by atoms with Crippen molar-refractivity contribution in [3.8, 4) is 11.3 Å². The molecule has 3 aromatic rings. The van der Waals surface area contributed by atoms with Crippen molar-refractivity contribution in [2.75, 3.05) is 0 Å². The first kappa shape index (κ1) is 21.1. The Hall–Kier alpha value is -1.19. The van der Waals surface area contributed by atoms with Crippen LogP contribution in [0.2, 0.25) is 5.02 Å². The number of hydrogen-bond donors (Lipinski definition) is 0. The first-order chi connectivity index (χ1) is 11.8. The molecule has 0 bridgehead atoms. The van der Waals surface area contributed by atoms with E-state index in [4.69, 9.17) is 22.3 Å². The van der Waals surface area contributed by atoms with Crippen molar-refractivity contribution in [1.82, 2.24) is 4.57 Å². The lowest BCUT2D eigenvalue weighted by molar-refractivity contribution is 0.609. The minimum absolute atomic E-state index is 0. The minimum atomic E-state index is -3.95. The molecule has 0 atom stereocenters. The topological polar surface area (TPSA) is 51.4 Å². The standard InChI is InChI=1S/C16H11Cl2FN2O2S2.BrH/c1-21-14(10-2-7-13(17)15(8-10)25(18,22)23)9-24-16(21)20-12-5-3-11(19)4-6-12;/h2-9H,1H3;1H/b20-16+;. The van der Waals surface area contributed by atoms with Crippen LogP contribution >= 0.6 is 50.6 Å². The number of aromatic nitrogens is 1. The molecular weight excluding hydrogens is 486 g/mol. The van der Waals surface area contributed by atoms with Gasteiger partial charge in [0.1, 0.15) is 10.7 Å². The van der Waals surface area contributed by atoms with E-state index in [0.29, 0.717) is 16.1 Å².